The second kappa shape index (κ2) is 3.18. The van der Waals surface area contributed by atoms with Crippen LogP contribution in [0.1, 0.15) is 5.82 Å². The minimum atomic E-state index is 0.390. The monoisotopic (exact) mass is 153 g/mol. The molecule has 0 unspecified atom stereocenters. The summed E-state index contributed by atoms with van der Waals surface area (Å²) in [6.45, 7) is 3.56. The maximum atomic E-state index is 4.87. The average molecular weight is 153 g/mol. The van der Waals surface area contributed by atoms with Crippen molar-refractivity contribution in [3.63, 3.8) is 0 Å². The van der Waals surface area contributed by atoms with E-state index in [-0.39, 0.29) is 0 Å². The van der Waals surface area contributed by atoms with E-state index in [1.165, 1.54) is 14.2 Å². The molecule has 0 spiro atoms. The molecule has 4 heteroatoms. The van der Waals surface area contributed by atoms with Crippen molar-refractivity contribution in [3.05, 3.63) is 18.8 Å². The molecular formula is C7H9N2O2. The van der Waals surface area contributed by atoms with Gasteiger partial charge in [-0.1, -0.05) is 0 Å². The van der Waals surface area contributed by atoms with Gasteiger partial charge in [0.15, 0.2) is 0 Å². The van der Waals surface area contributed by atoms with Crippen LogP contribution in [-0.4, -0.2) is 24.2 Å². The maximum absolute atomic E-state index is 4.87. The molecule has 0 saturated heterocycles. The van der Waals surface area contributed by atoms with E-state index in [4.69, 9.17) is 9.47 Å². The first-order valence-electron chi connectivity index (χ1n) is 3.05. The molecule has 0 amide bonds. The number of hydrogen-bond donors (Lipinski definition) is 0. The summed E-state index contributed by atoms with van der Waals surface area (Å²) < 4.78 is 9.73. The van der Waals surface area contributed by atoms with Gasteiger partial charge >= 0.3 is 0 Å². The molecule has 0 aliphatic rings. The molecule has 1 aromatic rings. The van der Waals surface area contributed by atoms with E-state index in [1.54, 1.807) is 6.07 Å². The molecule has 0 saturated carbocycles. The number of nitrogens with zero attached hydrogens (tertiary/aromatic N) is 2. The van der Waals surface area contributed by atoms with Crippen molar-refractivity contribution >= 4 is 0 Å². The summed E-state index contributed by atoms with van der Waals surface area (Å²) in [6.07, 6.45) is 0. The molecular weight excluding hydrogens is 144 g/mol. The predicted molar refractivity (Wildman–Crippen MR) is 39.6 cm³/mol. The minimum Gasteiger partial charge on any atom is -0.481 e. The van der Waals surface area contributed by atoms with Crippen molar-refractivity contribution in [1.82, 2.24) is 9.97 Å². The molecule has 0 N–H and O–H groups in total. The van der Waals surface area contributed by atoms with Crippen LogP contribution in [0.3, 0.4) is 0 Å². The van der Waals surface area contributed by atoms with E-state index in [2.05, 4.69) is 16.9 Å². The fraction of sp³-hybridized carbons (Fsp3) is 0.286. The van der Waals surface area contributed by atoms with Gasteiger partial charge in [-0.2, -0.15) is 9.97 Å². The molecule has 1 aromatic heterocycles. The van der Waals surface area contributed by atoms with Crippen LogP contribution in [0.5, 0.6) is 11.8 Å². The quantitative estimate of drug-likeness (QED) is 0.626. The molecule has 0 bridgehead atoms. The summed E-state index contributed by atoms with van der Waals surface area (Å²) in [5.74, 6) is 1.31. The molecule has 59 valence electrons. The lowest BCUT2D eigenvalue weighted by Crippen LogP contribution is -1.95. The fourth-order valence-corrected chi connectivity index (χ4v) is 0.659. The first kappa shape index (κ1) is 7.78. The maximum Gasteiger partial charge on any atom is 0.220 e. The van der Waals surface area contributed by atoms with Crippen LogP contribution < -0.4 is 9.47 Å². The third-order valence-corrected chi connectivity index (χ3v) is 1.14. The molecule has 0 fully saturated rings. The number of hydrogen-bond acceptors (Lipinski definition) is 4. The van der Waals surface area contributed by atoms with E-state index in [0.29, 0.717) is 17.6 Å². The van der Waals surface area contributed by atoms with Gasteiger partial charge in [0.25, 0.3) is 0 Å². The lowest BCUT2D eigenvalue weighted by Gasteiger charge is -2.02. The van der Waals surface area contributed by atoms with E-state index in [9.17, 15) is 0 Å². The van der Waals surface area contributed by atoms with E-state index in [0.717, 1.165) is 0 Å². The lowest BCUT2D eigenvalue weighted by molar-refractivity contribution is 0.370. The van der Waals surface area contributed by atoms with Crippen molar-refractivity contribution in [1.29, 1.82) is 0 Å². The van der Waals surface area contributed by atoms with Crippen LogP contribution in [0.4, 0.5) is 0 Å². The molecule has 4 nitrogen and oxygen atoms in total. The van der Waals surface area contributed by atoms with Gasteiger partial charge in [0.2, 0.25) is 11.8 Å². The summed E-state index contributed by atoms with van der Waals surface area (Å²) in [5.41, 5.74) is 0. The van der Waals surface area contributed by atoms with Crippen LogP contribution in [0.15, 0.2) is 6.07 Å². The second-order valence-corrected chi connectivity index (χ2v) is 1.87. The molecule has 0 aromatic carbocycles. The molecule has 1 radical (unpaired) electrons. The lowest BCUT2D eigenvalue weighted by atomic mass is 10.5. The molecule has 11 heavy (non-hydrogen) atoms. The zero-order valence-corrected chi connectivity index (χ0v) is 6.50. The third kappa shape index (κ3) is 1.80. The van der Waals surface area contributed by atoms with Crippen molar-refractivity contribution in [2.24, 2.45) is 0 Å². The Labute approximate surface area is 65.2 Å². The van der Waals surface area contributed by atoms with Crippen molar-refractivity contribution in [3.8, 4) is 11.8 Å². The standard InChI is InChI=1S/C7H9N2O2/c1-5-8-6(10-2)4-7(9-5)11-3/h4H,1H2,2-3H3. The van der Waals surface area contributed by atoms with Gasteiger partial charge in [0.1, 0.15) is 5.82 Å². The Morgan fingerprint density at radius 2 is 1.64 bits per heavy atom. The van der Waals surface area contributed by atoms with Gasteiger partial charge < -0.3 is 9.47 Å². The Balaban J connectivity index is 3.02. The topological polar surface area (TPSA) is 44.2 Å². The molecule has 0 aliphatic heterocycles. The summed E-state index contributed by atoms with van der Waals surface area (Å²) in [5, 5.41) is 0. The summed E-state index contributed by atoms with van der Waals surface area (Å²) in [6, 6.07) is 1.59. The van der Waals surface area contributed by atoms with Crippen LogP contribution in [-0.2, 0) is 0 Å². The predicted octanol–water partition coefficient (Wildman–Crippen LogP) is 0.676. The van der Waals surface area contributed by atoms with E-state index >= 15 is 0 Å². The number of rotatable bonds is 2. The SMILES string of the molecule is [CH2]c1nc(OC)cc(OC)n1. The van der Waals surface area contributed by atoms with Crippen LogP contribution >= 0.6 is 0 Å². The Hall–Kier alpha value is -1.32. The molecule has 0 atom stereocenters. The van der Waals surface area contributed by atoms with Crippen LogP contribution in [0, 0.1) is 6.92 Å². The highest BCUT2D eigenvalue weighted by Crippen LogP contribution is 2.13. The summed E-state index contributed by atoms with van der Waals surface area (Å²) >= 11 is 0. The Bertz CT molecular complexity index is 228. The van der Waals surface area contributed by atoms with Gasteiger partial charge in [0.05, 0.1) is 20.3 Å². The highest BCUT2D eigenvalue weighted by atomic mass is 16.5. The third-order valence-electron chi connectivity index (χ3n) is 1.14. The largest absolute Gasteiger partial charge is 0.481 e. The van der Waals surface area contributed by atoms with Crippen molar-refractivity contribution in [2.75, 3.05) is 14.2 Å². The van der Waals surface area contributed by atoms with E-state index in [1.807, 2.05) is 0 Å². The Kier molecular flexibility index (Phi) is 2.25. The number of ether oxygens (including phenoxy) is 2. The normalized spacial score (nSPS) is 9.36. The summed E-state index contributed by atoms with van der Waals surface area (Å²) in [4.78, 5) is 7.75. The number of methoxy groups -OCH3 is 2. The van der Waals surface area contributed by atoms with Crippen LogP contribution in [0.2, 0.25) is 0 Å². The van der Waals surface area contributed by atoms with E-state index < -0.39 is 0 Å². The first-order chi connectivity index (χ1) is 5.26. The molecule has 1 rings (SSSR count). The zero-order chi connectivity index (χ0) is 8.27. The molecule has 1 heterocycles. The van der Waals surface area contributed by atoms with Crippen molar-refractivity contribution in [2.45, 2.75) is 0 Å². The minimum absolute atomic E-state index is 0.390. The molecule has 0 aliphatic carbocycles. The van der Waals surface area contributed by atoms with Gasteiger partial charge in [-0.3, -0.25) is 0 Å². The Morgan fingerprint density at radius 1 is 1.18 bits per heavy atom. The zero-order valence-electron chi connectivity index (χ0n) is 6.50. The summed E-state index contributed by atoms with van der Waals surface area (Å²) in [7, 11) is 3.06. The Morgan fingerprint density at radius 3 is 2.00 bits per heavy atom. The van der Waals surface area contributed by atoms with Crippen molar-refractivity contribution < 1.29 is 9.47 Å². The van der Waals surface area contributed by atoms with Gasteiger partial charge in [-0.05, 0) is 0 Å². The number of aromatic nitrogens is 2. The smallest absolute Gasteiger partial charge is 0.220 e. The van der Waals surface area contributed by atoms with Gasteiger partial charge in [-0.15, -0.1) is 0 Å². The van der Waals surface area contributed by atoms with Gasteiger partial charge in [-0.25, -0.2) is 0 Å². The van der Waals surface area contributed by atoms with Crippen LogP contribution in [0.25, 0.3) is 0 Å². The fourth-order valence-electron chi connectivity index (χ4n) is 0.659. The average Bonchev–Trinajstić information content (AvgIpc) is 2.03. The second-order valence-electron chi connectivity index (χ2n) is 1.87. The van der Waals surface area contributed by atoms with Gasteiger partial charge in [0, 0.05) is 6.92 Å². The highest BCUT2D eigenvalue weighted by molar-refractivity contribution is 5.21. The first-order valence-corrected chi connectivity index (χ1v) is 3.05. The highest BCUT2D eigenvalue weighted by Gasteiger charge is 1.99.